The molecule has 0 saturated carbocycles. The zero-order chi connectivity index (χ0) is 30.7. The molecule has 0 N–H and O–H groups in total. The summed E-state index contributed by atoms with van der Waals surface area (Å²) in [7, 11) is 7.00. The molecule has 1 aliphatic carbocycles. The number of aromatic nitrogens is 2. The lowest BCUT2D eigenvalue weighted by Crippen LogP contribution is -2.31. The van der Waals surface area contributed by atoms with Gasteiger partial charge in [0.2, 0.25) is 0 Å². The Balaban J connectivity index is 1.54. The summed E-state index contributed by atoms with van der Waals surface area (Å²) in [6.07, 6.45) is 2.49. The third-order valence-electron chi connectivity index (χ3n) is 7.90. The summed E-state index contributed by atoms with van der Waals surface area (Å²) < 4.78 is 62.9. The van der Waals surface area contributed by atoms with Crippen LogP contribution in [0.3, 0.4) is 0 Å². The number of rotatable bonds is 11. The van der Waals surface area contributed by atoms with Crippen molar-refractivity contribution in [2.24, 2.45) is 0 Å². The predicted molar refractivity (Wildman–Crippen MR) is 162 cm³/mol. The fourth-order valence-electron chi connectivity index (χ4n) is 5.58. The van der Waals surface area contributed by atoms with Crippen molar-refractivity contribution in [2.75, 3.05) is 41.5 Å². The summed E-state index contributed by atoms with van der Waals surface area (Å²) in [4.78, 5) is 6.93. The summed E-state index contributed by atoms with van der Waals surface area (Å²) in [6.45, 7) is 3.11. The minimum atomic E-state index is -0.674. The molecule has 10 heteroatoms. The number of fused-ring (bicyclic) bond motifs is 1. The van der Waals surface area contributed by atoms with E-state index >= 15 is 8.78 Å². The van der Waals surface area contributed by atoms with Crippen LogP contribution < -0.4 is 14.2 Å². The SMILES string of the molecule is COc1ccc(C2(C)CCCc3nc(SCc4c(F)cc(OCCN(C)C)cc4F)n(-c4ccc(F)cc4)c32)cc1OC. The van der Waals surface area contributed by atoms with Gasteiger partial charge in [0, 0.05) is 41.1 Å². The number of hydrogen-bond donors (Lipinski definition) is 0. The van der Waals surface area contributed by atoms with E-state index in [0.717, 1.165) is 41.9 Å². The number of methoxy groups -OCH3 is 2. The molecule has 6 nitrogen and oxygen atoms in total. The lowest BCUT2D eigenvalue weighted by atomic mass is 9.71. The summed E-state index contributed by atoms with van der Waals surface area (Å²) in [5, 5.41) is 0.579. The van der Waals surface area contributed by atoms with Crippen LogP contribution in [0.2, 0.25) is 0 Å². The van der Waals surface area contributed by atoms with Crippen molar-refractivity contribution < 1.29 is 27.4 Å². The molecule has 0 aliphatic heterocycles. The number of hydrogen-bond acceptors (Lipinski definition) is 6. The molecule has 1 aliphatic rings. The number of halogens is 3. The van der Waals surface area contributed by atoms with E-state index in [-0.39, 0.29) is 22.9 Å². The van der Waals surface area contributed by atoms with Gasteiger partial charge in [0.15, 0.2) is 16.7 Å². The molecule has 0 spiro atoms. The first-order valence-electron chi connectivity index (χ1n) is 14.1. The van der Waals surface area contributed by atoms with Gasteiger partial charge in [-0.3, -0.25) is 4.57 Å². The van der Waals surface area contributed by atoms with E-state index in [2.05, 4.69) is 6.92 Å². The number of thioether (sulfide) groups is 1. The molecule has 3 aromatic carbocycles. The van der Waals surface area contributed by atoms with Crippen molar-refractivity contribution in [3.63, 3.8) is 0 Å². The fourth-order valence-corrected chi connectivity index (χ4v) is 6.63. The molecule has 5 rings (SSSR count). The highest BCUT2D eigenvalue weighted by Crippen LogP contribution is 2.47. The maximum atomic E-state index is 15.1. The Labute approximate surface area is 254 Å². The molecular formula is C33H36F3N3O3S. The minimum absolute atomic E-state index is 0.0137. The zero-order valence-corrected chi connectivity index (χ0v) is 25.9. The van der Waals surface area contributed by atoms with Gasteiger partial charge in [-0.1, -0.05) is 17.8 Å². The van der Waals surface area contributed by atoms with Crippen molar-refractivity contribution in [1.29, 1.82) is 0 Å². The molecule has 0 fully saturated rings. The molecule has 1 aromatic heterocycles. The Hall–Kier alpha value is -3.63. The lowest BCUT2D eigenvalue weighted by Gasteiger charge is -2.36. The normalized spacial score (nSPS) is 16.3. The largest absolute Gasteiger partial charge is 0.493 e. The Morgan fingerprint density at radius 1 is 0.953 bits per heavy atom. The van der Waals surface area contributed by atoms with Crippen LogP contribution in [0.1, 0.15) is 42.3 Å². The van der Waals surface area contributed by atoms with E-state index < -0.39 is 17.0 Å². The maximum absolute atomic E-state index is 15.1. The summed E-state index contributed by atoms with van der Waals surface area (Å²) in [5.74, 6) is -0.284. The van der Waals surface area contributed by atoms with Gasteiger partial charge in [-0.2, -0.15) is 0 Å². The van der Waals surface area contributed by atoms with Crippen LogP contribution in [0, 0.1) is 17.5 Å². The van der Waals surface area contributed by atoms with Gasteiger partial charge in [-0.05, 0) is 82.2 Å². The summed E-state index contributed by atoms with van der Waals surface area (Å²) in [6, 6.07) is 14.6. The summed E-state index contributed by atoms with van der Waals surface area (Å²) in [5.41, 5.74) is 3.07. The molecule has 1 atom stereocenters. The van der Waals surface area contributed by atoms with Crippen molar-refractivity contribution in [3.05, 3.63) is 94.6 Å². The van der Waals surface area contributed by atoms with E-state index in [0.29, 0.717) is 29.8 Å². The van der Waals surface area contributed by atoms with Crippen LogP contribution in [0.5, 0.6) is 17.2 Å². The first kappa shape index (κ1) is 30.8. The zero-order valence-electron chi connectivity index (χ0n) is 25.0. The third kappa shape index (κ3) is 6.35. The average molecular weight is 612 g/mol. The number of likely N-dealkylation sites (N-methyl/N-ethyl adjacent to an activating group) is 1. The Morgan fingerprint density at radius 2 is 1.65 bits per heavy atom. The van der Waals surface area contributed by atoms with Crippen LogP contribution >= 0.6 is 11.8 Å². The summed E-state index contributed by atoms with van der Waals surface area (Å²) >= 11 is 1.24. The van der Waals surface area contributed by atoms with Crippen molar-refractivity contribution >= 4 is 11.8 Å². The highest BCUT2D eigenvalue weighted by molar-refractivity contribution is 7.98. The van der Waals surface area contributed by atoms with Gasteiger partial charge < -0.3 is 19.1 Å². The van der Waals surface area contributed by atoms with Crippen LogP contribution in [-0.2, 0) is 17.6 Å². The van der Waals surface area contributed by atoms with E-state index in [1.165, 1.54) is 36.0 Å². The molecule has 0 radical (unpaired) electrons. The lowest BCUT2D eigenvalue weighted by molar-refractivity contribution is 0.259. The second-order valence-corrected chi connectivity index (χ2v) is 12.0. The highest BCUT2D eigenvalue weighted by Gasteiger charge is 2.40. The fraction of sp³-hybridized carbons (Fsp3) is 0.364. The molecule has 1 unspecified atom stereocenters. The quantitative estimate of drug-likeness (QED) is 0.168. The van der Waals surface area contributed by atoms with Crippen LogP contribution in [-0.4, -0.2) is 55.9 Å². The molecular weight excluding hydrogens is 575 g/mol. The second kappa shape index (κ2) is 12.9. The van der Waals surface area contributed by atoms with Crippen molar-refractivity contribution in [2.45, 2.75) is 42.5 Å². The molecule has 228 valence electrons. The van der Waals surface area contributed by atoms with E-state index in [1.807, 2.05) is 41.8 Å². The predicted octanol–water partition coefficient (Wildman–Crippen LogP) is 7.18. The van der Waals surface area contributed by atoms with Crippen molar-refractivity contribution in [3.8, 4) is 22.9 Å². The van der Waals surface area contributed by atoms with Crippen molar-refractivity contribution in [1.82, 2.24) is 14.5 Å². The highest BCUT2D eigenvalue weighted by atomic mass is 32.2. The Bertz CT molecular complexity index is 1570. The maximum Gasteiger partial charge on any atom is 0.173 e. The van der Waals surface area contributed by atoms with Gasteiger partial charge in [-0.15, -0.1) is 0 Å². The Morgan fingerprint density at radius 3 is 2.30 bits per heavy atom. The molecule has 0 bridgehead atoms. The topological polar surface area (TPSA) is 48.8 Å². The minimum Gasteiger partial charge on any atom is -0.493 e. The first-order valence-corrected chi connectivity index (χ1v) is 15.1. The van der Waals surface area contributed by atoms with E-state index in [9.17, 15) is 4.39 Å². The van der Waals surface area contributed by atoms with Gasteiger partial charge in [0.25, 0.3) is 0 Å². The number of ether oxygens (including phenoxy) is 3. The average Bonchev–Trinajstić information content (AvgIpc) is 3.36. The monoisotopic (exact) mass is 611 g/mol. The van der Waals surface area contributed by atoms with Gasteiger partial charge in [0.05, 0.1) is 25.6 Å². The molecule has 0 saturated heterocycles. The third-order valence-corrected chi connectivity index (χ3v) is 8.87. The van der Waals surface area contributed by atoms with Crippen LogP contribution in [0.25, 0.3) is 5.69 Å². The molecule has 43 heavy (non-hydrogen) atoms. The van der Waals surface area contributed by atoms with Crippen LogP contribution in [0.4, 0.5) is 13.2 Å². The van der Waals surface area contributed by atoms with Gasteiger partial charge in [-0.25, -0.2) is 18.2 Å². The van der Waals surface area contributed by atoms with Gasteiger partial charge >= 0.3 is 0 Å². The van der Waals surface area contributed by atoms with E-state index in [1.54, 1.807) is 26.4 Å². The smallest absolute Gasteiger partial charge is 0.173 e. The number of benzene rings is 3. The molecule has 1 heterocycles. The number of aryl methyl sites for hydroxylation is 1. The second-order valence-electron chi connectivity index (χ2n) is 11.1. The molecule has 4 aromatic rings. The van der Waals surface area contributed by atoms with Gasteiger partial charge in [0.1, 0.15) is 29.8 Å². The molecule has 0 amide bonds. The Kier molecular flexibility index (Phi) is 9.27. The van der Waals surface area contributed by atoms with Crippen LogP contribution in [0.15, 0.2) is 59.8 Å². The first-order chi connectivity index (χ1) is 20.6. The van der Waals surface area contributed by atoms with E-state index in [4.69, 9.17) is 19.2 Å². The number of nitrogens with zero attached hydrogens (tertiary/aromatic N) is 3. The standard InChI is InChI=1S/C33H36F3N3O3S/c1-33(21-8-13-29(40-4)30(17-21)41-5)14-6-7-28-31(33)39(23-11-9-22(34)10-12-23)32(37-28)43-20-25-26(35)18-24(19-27(25)36)42-16-15-38(2)3/h8-13,17-19H,6-7,14-16,20H2,1-5H3. The number of imidazole rings is 1.